The van der Waals surface area contributed by atoms with E-state index in [1.807, 2.05) is 23.5 Å². The second-order valence-corrected chi connectivity index (χ2v) is 9.40. The second kappa shape index (κ2) is 8.24. The van der Waals surface area contributed by atoms with Gasteiger partial charge in [0.1, 0.15) is 5.01 Å². The summed E-state index contributed by atoms with van der Waals surface area (Å²) in [5, 5.41) is 1.24. The Bertz CT molecular complexity index is 745. The lowest BCUT2D eigenvalue weighted by atomic mass is 9.90. The van der Waals surface area contributed by atoms with Gasteiger partial charge >= 0.3 is 0 Å². The molecule has 0 bridgehead atoms. The Hall–Kier alpha value is -1.17. The Labute approximate surface area is 164 Å². The number of aryl methyl sites for hydroxylation is 2. The predicted octanol–water partition coefficient (Wildman–Crippen LogP) is 4.84. The Kier molecular flexibility index (Phi) is 5.77. The summed E-state index contributed by atoms with van der Waals surface area (Å²) in [5.74, 6) is 0.430. The molecule has 1 aliphatic carbocycles. The summed E-state index contributed by atoms with van der Waals surface area (Å²) in [4.78, 5) is 22.9. The minimum absolute atomic E-state index is 0.124. The van der Waals surface area contributed by atoms with E-state index >= 15 is 0 Å². The molecule has 1 fully saturated rings. The van der Waals surface area contributed by atoms with Gasteiger partial charge in [-0.15, -0.1) is 23.1 Å². The highest BCUT2D eigenvalue weighted by Crippen LogP contribution is 2.29. The van der Waals surface area contributed by atoms with Crippen molar-refractivity contribution < 1.29 is 4.79 Å². The first kappa shape index (κ1) is 18.2. The number of ketones is 1. The number of Topliss-reactive ketones (excluding diaryl/α,β-unsaturated/α-hetero) is 1. The number of fused-ring (bicyclic) bond motifs is 1. The molecule has 1 aromatic heterocycles. The smallest absolute Gasteiger partial charge is 0.167 e. The number of piperidine rings is 1. The van der Waals surface area contributed by atoms with Crippen molar-refractivity contribution in [2.45, 2.75) is 50.0 Å². The number of nitrogens with zero attached hydrogens (tertiary/aromatic N) is 2. The first-order valence-corrected chi connectivity index (χ1v) is 11.6. The highest BCUT2D eigenvalue weighted by molar-refractivity contribution is 7.98. The fourth-order valence-electron chi connectivity index (χ4n) is 4.07. The topological polar surface area (TPSA) is 33.2 Å². The van der Waals surface area contributed by atoms with E-state index in [0.29, 0.717) is 5.78 Å². The third kappa shape index (κ3) is 4.05. The van der Waals surface area contributed by atoms with Crippen molar-refractivity contribution in [3.8, 4) is 0 Å². The quantitative estimate of drug-likeness (QED) is 0.544. The molecule has 1 aromatic carbocycles. The number of thiazole rings is 1. The van der Waals surface area contributed by atoms with Gasteiger partial charge in [-0.2, -0.15) is 0 Å². The number of rotatable bonds is 5. The molecular weight excluding hydrogens is 360 g/mol. The highest BCUT2D eigenvalue weighted by Gasteiger charge is 2.27. The van der Waals surface area contributed by atoms with Crippen molar-refractivity contribution in [3.05, 3.63) is 45.4 Å². The minimum atomic E-state index is 0.124. The molecule has 0 radical (unpaired) electrons. The number of benzene rings is 1. The zero-order valence-corrected chi connectivity index (χ0v) is 17.0. The van der Waals surface area contributed by atoms with Crippen molar-refractivity contribution in [2.75, 3.05) is 19.3 Å². The van der Waals surface area contributed by atoms with Gasteiger partial charge in [-0.05, 0) is 63.5 Å². The number of thioether (sulfide) groups is 1. The average Bonchev–Trinajstić information content (AvgIpc) is 3.10. The van der Waals surface area contributed by atoms with Crippen LogP contribution < -0.4 is 0 Å². The lowest BCUT2D eigenvalue weighted by molar-refractivity contribution is 0.0811. The van der Waals surface area contributed by atoms with Crippen LogP contribution in [0.1, 0.15) is 51.6 Å². The van der Waals surface area contributed by atoms with Crippen LogP contribution in [0.5, 0.6) is 0 Å². The molecule has 138 valence electrons. The van der Waals surface area contributed by atoms with E-state index in [4.69, 9.17) is 4.98 Å². The lowest BCUT2D eigenvalue weighted by Crippen LogP contribution is -2.38. The van der Waals surface area contributed by atoms with E-state index in [9.17, 15) is 4.79 Å². The van der Waals surface area contributed by atoms with Crippen molar-refractivity contribution >= 4 is 28.9 Å². The Balaban J connectivity index is 1.40. The molecule has 0 saturated carbocycles. The Morgan fingerprint density at radius 2 is 2.04 bits per heavy atom. The number of hydrogen-bond acceptors (Lipinski definition) is 5. The van der Waals surface area contributed by atoms with Crippen molar-refractivity contribution in [1.29, 1.82) is 0 Å². The monoisotopic (exact) mass is 386 g/mol. The molecule has 1 saturated heterocycles. The zero-order valence-electron chi connectivity index (χ0n) is 15.4. The summed E-state index contributed by atoms with van der Waals surface area (Å²) < 4.78 is 0. The Morgan fingerprint density at radius 1 is 1.23 bits per heavy atom. The zero-order chi connectivity index (χ0) is 17.9. The Morgan fingerprint density at radius 3 is 2.81 bits per heavy atom. The normalized spacial score (nSPS) is 20.7. The molecular formula is C21H26N2OS2. The molecule has 26 heavy (non-hydrogen) atoms. The molecule has 1 unspecified atom stereocenters. The van der Waals surface area contributed by atoms with E-state index in [0.717, 1.165) is 44.5 Å². The van der Waals surface area contributed by atoms with Gasteiger partial charge in [0.15, 0.2) is 5.78 Å². The molecule has 0 spiro atoms. The third-order valence-corrected chi connectivity index (χ3v) is 7.39. The number of aromatic nitrogens is 1. The van der Waals surface area contributed by atoms with Crippen LogP contribution in [0.2, 0.25) is 0 Å². The van der Waals surface area contributed by atoms with E-state index in [1.54, 1.807) is 11.8 Å². The third-order valence-electron chi connectivity index (χ3n) is 5.50. The molecule has 4 rings (SSSR count). The first-order valence-electron chi connectivity index (χ1n) is 9.61. The van der Waals surface area contributed by atoms with Crippen LogP contribution in [0.4, 0.5) is 0 Å². The van der Waals surface area contributed by atoms with Crippen molar-refractivity contribution in [2.24, 2.45) is 5.92 Å². The summed E-state index contributed by atoms with van der Waals surface area (Å²) in [6.45, 7) is 2.86. The van der Waals surface area contributed by atoms with Crippen molar-refractivity contribution in [1.82, 2.24) is 9.88 Å². The largest absolute Gasteiger partial charge is 0.296 e. The van der Waals surface area contributed by atoms with Gasteiger partial charge in [-0.1, -0.05) is 12.1 Å². The minimum Gasteiger partial charge on any atom is -0.296 e. The van der Waals surface area contributed by atoms with Gasteiger partial charge in [0.2, 0.25) is 0 Å². The summed E-state index contributed by atoms with van der Waals surface area (Å²) in [5.41, 5.74) is 2.20. The summed E-state index contributed by atoms with van der Waals surface area (Å²) in [6.07, 6.45) is 9.12. The average molecular weight is 387 g/mol. The number of hydrogen-bond donors (Lipinski definition) is 0. The number of carbonyl (C=O) groups is 1. The maximum Gasteiger partial charge on any atom is 0.167 e. The number of likely N-dealkylation sites (tertiary alicyclic amines) is 1. The van der Waals surface area contributed by atoms with E-state index in [1.165, 1.54) is 39.7 Å². The van der Waals surface area contributed by atoms with Crippen LogP contribution in [0.3, 0.4) is 0 Å². The van der Waals surface area contributed by atoms with Crippen LogP contribution in [-0.2, 0) is 19.4 Å². The lowest BCUT2D eigenvalue weighted by Gasteiger charge is -2.31. The van der Waals surface area contributed by atoms with Crippen LogP contribution in [-0.4, -0.2) is 35.0 Å². The van der Waals surface area contributed by atoms with Gasteiger partial charge in [-0.3, -0.25) is 9.69 Å². The van der Waals surface area contributed by atoms with Gasteiger partial charge in [0, 0.05) is 27.8 Å². The fraction of sp³-hybridized carbons (Fsp3) is 0.524. The van der Waals surface area contributed by atoms with Gasteiger partial charge in [-0.25, -0.2) is 4.98 Å². The predicted molar refractivity (Wildman–Crippen MR) is 109 cm³/mol. The molecule has 2 heterocycles. The molecule has 1 atom stereocenters. The molecule has 2 aliphatic rings. The molecule has 3 nitrogen and oxygen atoms in total. The number of carbonyl (C=O) groups excluding carboxylic acids is 1. The molecule has 5 heteroatoms. The molecule has 0 N–H and O–H groups in total. The van der Waals surface area contributed by atoms with E-state index < -0.39 is 0 Å². The van der Waals surface area contributed by atoms with Gasteiger partial charge in [0.25, 0.3) is 0 Å². The molecule has 2 aromatic rings. The maximum atomic E-state index is 12.9. The standard InChI is InChI=1S/C21H26N2OS2/c1-25-17-10-8-15(9-11-17)21(24)16-5-4-12-23(13-16)14-20-22-18-6-2-3-7-19(18)26-20/h8-11,16H,2-7,12-14H2,1H3. The molecule has 1 aliphatic heterocycles. The first-order chi connectivity index (χ1) is 12.7. The second-order valence-electron chi connectivity index (χ2n) is 7.35. The van der Waals surface area contributed by atoms with Crippen LogP contribution in [0, 0.1) is 5.92 Å². The summed E-state index contributed by atoms with van der Waals surface area (Å²) >= 11 is 3.61. The van der Waals surface area contributed by atoms with E-state index in [2.05, 4.69) is 23.3 Å². The summed E-state index contributed by atoms with van der Waals surface area (Å²) in [7, 11) is 0. The van der Waals surface area contributed by atoms with Crippen molar-refractivity contribution in [3.63, 3.8) is 0 Å². The van der Waals surface area contributed by atoms with Gasteiger partial charge in [0.05, 0.1) is 12.2 Å². The van der Waals surface area contributed by atoms with Crippen LogP contribution in [0.15, 0.2) is 29.2 Å². The van der Waals surface area contributed by atoms with Gasteiger partial charge < -0.3 is 0 Å². The fourth-order valence-corrected chi connectivity index (χ4v) is 5.68. The highest BCUT2D eigenvalue weighted by atomic mass is 32.2. The van der Waals surface area contributed by atoms with Crippen LogP contribution >= 0.6 is 23.1 Å². The maximum absolute atomic E-state index is 12.9. The SMILES string of the molecule is CSc1ccc(C(=O)C2CCCN(Cc3nc4c(s3)CCCC4)C2)cc1. The van der Waals surface area contributed by atoms with E-state index in [-0.39, 0.29) is 5.92 Å². The molecule has 0 amide bonds. The summed E-state index contributed by atoms with van der Waals surface area (Å²) in [6, 6.07) is 8.08. The van der Waals surface area contributed by atoms with Crippen LogP contribution in [0.25, 0.3) is 0 Å².